The van der Waals surface area contributed by atoms with Crippen molar-refractivity contribution in [3.05, 3.63) is 54.2 Å². The number of carbonyl (C=O) groups excluding carboxylic acids is 1. The van der Waals surface area contributed by atoms with E-state index in [0.29, 0.717) is 5.92 Å². The van der Waals surface area contributed by atoms with E-state index < -0.39 is 0 Å². The minimum absolute atomic E-state index is 0.0875. The Labute approximate surface area is 134 Å². The van der Waals surface area contributed by atoms with Crippen molar-refractivity contribution in [2.24, 2.45) is 5.92 Å². The van der Waals surface area contributed by atoms with Gasteiger partial charge in [0.15, 0.2) is 0 Å². The van der Waals surface area contributed by atoms with Gasteiger partial charge in [0.25, 0.3) is 5.91 Å². The zero-order chi connectivity index (χ0) is 15.8. The Morgan fingerprint density at radius 3 is 3.26 bits per heavy atom. The second-order valence-corrected chi connectivity index (χ2v) is 6.37. The van der Waals surface area contributed by atoms with Gasteiger partial charge < -0.3 is 14.5 Å². The maximum Gasteiger partial charge on any atom is 0.253 e. The predicted molar refractivity (Wildman–Crippen MR) is 89.3 cm³/mol. The van der Waals surface area contributed by atoms with Crippen LogP contribution >= 0.6 is 0 Å². The lowest BCUT2D eigenvalue weighted by molar-refractivity contribution is 0.0760. The van der Waals surface area contributed by atoms with Crippen LogP contribution < -0.4 is 0 Å². The van der Waals surface area contributed by atoms with E-state index in [0.717, 1.165) is 48.2 Å². The molecule has 1 atom stereocenters. The molecular formula is C18H20N4O. The predicted octanol–water partition coefficient (Wildman–Crippen LogP) is 2.70. The number of nitrogens with one attached hydrogen (secondary N) is 1. The van der Waals surface area contributed by atoms with Gasteiger partial charge in [-0.1, -0.05) is 0 Å². The van der Waals surface area contributed by atoms with Gasteiger partial charge in [0.05, 0.1) is 0 Å². The van der Waals surface area contributed by atoms with Crippen molar-refractivity contribution in [1.29, 1.82) is 0 Å². The van der Waals surface area contributed by atoms with Crippen molar-refractivity contribution in [2.75, 3.05) is 13.6 Å². The highest BCUT2D eigenvalue weighted by Gasteiger charge is 2.22. The van der Waals surface area contributed by atoms with Gasteiger partial charge in [-0.2, -0.15) is 0 Å². The molecule has 3 heterocycles. The number of amides is 1. The molecular weight excluding hydrogens is 288 g/mol. The first-order valence-corrected chi connectivity index (χ1v) is 8.03. The largest absolute Gasteiger partial charge is 0.361 e. The summed E-state index contributed by atoms with van der Waals surface area (Å²) in [6, 6.07) is 7.81. The number of rotatable bonds is 3. The second-order valence-electron chi connectivity index (χ2n) is 6.37. The number of nitrogens with zero attached hydrogens (tertiary/aromatic N) is 3. The fourth-order valence-electron chi connectivity index (χ4n) is 3.46. The quantitative estimate of drug-likeness (QED) is 0.809. The van der Waals surface area contributed by atoms with Crippen molar-refractivity contribution in [3.63, 3.8) is 0 Å². The van der Waals surface area contributed by atoms with Crippen molar-refractivity contribution < 1.29 is 4.79 Å². The lowest BCUT2D eigenvalue weighted by Gasteiger charge is -2.28. The summed E-state index contributed by atoms with van der Waals surface area (Å²) >= 11 is 0. The number of carbonyl (C=O) groups is 1. The number of benzene rings is 1. The molecule has 118 valence electrons. The third-order valence-electron chi connectivity index (χ3n) is 4.71. The topological polar surface area (TPSA) is 53.9 Å². The lowest BCUT2D eigenvalue weighted by Crippen LogP contribution is -2.35. The molecule has 23 heavy (non-hydrogen) atoms. The Kier molecular flexibility index (Phi) is 3.41. The molecule has 3 aromatic rings. The molecule has 0 spiro atoms. The van der Waals surface area contributed by atoms with E-state index in [-0.39, 0.29) is 5.91 Å². The molecule has 0 radical (unpaired) electrons. The fourth-order valence-corrected chi connectivity index (χ4v) is 3.46. The van der Waals surface area contributed by atoms with Gasteiger partial charge in [0.2, 0.25) is 0 Å². The van der Waals surface area contributed by atoms with Gasteiger partial charge in [-0.3, -0.25) is 4.79 Å². The highest BCUT2D eigenvalue weighted by molar-refractivity contribution is 5.97. The summed E-state index contributed by atoms with van der Waals surface area (Å²) in [7, 11) is 1.90. The number of aromatic nitrogens is 3. The normalized spacial score (nSPS) is 17.2. The van der Waals surface area contributed by atoms with E-state index >= 15 is 0 Å². The number of hydrogen-bond acceptors (Lipinski definition) is 2. The molecule has 1 unspecified atom stereocenters. The van der Waals surface area contributed by atoms with Crippen LogP contribution in [-0.4, -0.2) is 38.9 Å². The summed E-state index contributed by atoms with van der Waals surface area (Å²) in [5.74, 6) is 1.74. The molecule has 0 fully saturated rings. The summed E-state index contributed by atoms with van der Waals surface area (Å²) in [6.07, 6.45) is 7.87. The number of H-pyrrole nitrogens is 1. The van der Waals surface area contributed by atoms with Gasteiger partial charge >= 0.3 is 0 Å². The van der Waals surface area contributed by atoms with Gasteiger partial charge in [0, 0.05) is 61.6 Å². The van der Waals surface area contributed by atoms with E-state index in [1.807, 2.05) is 54.8 Å². The van der Waals surface area contributed by atoms with Gasteiger partial charge in [-0.25, -0.2) is 4.98 Å². The molecule has 0 aliphatic carbocycles. The summed E-state index contributed by atoms with van der Waals surface area (Å²) < 4.78 is 2.21. The van der Waals surface area contributed by atoms with E-state index in [2.05, 4.69) is 14.5 Å². The van der Waals surface area contributed by atoms with Crippen LogP contribution in [0.15, 0.2) is 42.9 Å². The molecule has 0 bridgehead atoms. The Hall–Kier alpha value is -2.56. The van der Waals surface area contributed by atoms with Crippen LogP contribution in [0.2, 0.25) is 0 Å². The maximum atomic E-state index is 12.7. The third kappa shape index (κ3) is 2.63. The summed E-state index contributed by atoms with van der Waals surface area (Å²) in [5.41, 5.74) is 1.81. The molecule has 1 aliphatic heterocycles. The highest BCUT2D eigenvalue weighted by atomic mass is 16.2. The minimum atomic E-state index is 0.0875. The van der Waals surface area contributed by atoms with E-state index in [9.17, 15) is 4.79 Å². The SMILES string of the molecule is CN(CC1CCc2nccn2C1)C(=O)c1ccc2[nH]ccc2c1. The van der Waals surface area contributed by atoms with Gasteiger partial charge in [-0.15, -0.1) is 0 Å². The number of hydrogen-bond donors (Lipinski definition) is 1. The Morgan fingerprint density at radius 1 is 1.43 bits per heavy atom. The monoisotopic (exact) mass is 308 g/mol. The molecule has 0 saturated heterocycles. The van der Waals surface area contributed by atoms with Gasteiger partial charge in [-0.05, 0) is 36.6 Å². The molecule has 1 aromatic carbocycles. The average molecular weight is 308 g/mol. The Balaban J connectivity index is 1.46. The fraction of sp³-hybridized carbons (Fsp3) is 0.333. The molecule has 0 saturated carbocycles. The van der Waals surface area contributed by atoms with Crippen LogP contribution in [0.1, 0.15) is 22.6 Å². The van der Waals surface area contributed by atoms with Gasteiger partial charge in [0.1, 0.15) is 5.82 Å². The lowest BCUT2D eigenvalue weighted by atomic mass is 9.98. The van der Waals surface area contributed by atoms with Crippen molar-refractivity contribution in [2.45, 2.75) is 19.4 Å². The molecule has 4 rings (SSSR count). The summed E-state index contributed by atoms with van der Waals surface area (Å²) in [6.45, 7) is 1.73. The standard InChI is InChI=1S/C18H20N4O/c1-21(11-13-2-5-17-20-8-9-22(17)12-13)18(23)15-3-4-16-14(10-15)6-7-19-16/h3-4,6-10,13,19H,2,5,11-12H2,1H3. The van der Waals surface area contributed by atoms with Crippen LogP contribution in [0, 0.1) is 5.92 Å². The molecule has 2 aromatic heterocycles. The van der Waals surface area contributed by atoms with Crippen molar-refractivity contribution >= 4 is 16.8 Å². The van der Waals surface area contributed by atoms with Crippen LogP contribution in [0.25, 0.3) is 10.9 Å². The number of fused-ring (bicyclic) bond motifs is 2. The number of aryl methyl sites for hydroxylation is 1. The third-order valence-corrected chi connectivity index (χ3v) is 4.71. The zero-order valence-corrected chi connectivity index (χ0v) is 13.2. The maximum absolute atomic E-state index is 12.7. The summed E-state index contributed by atoms with van der Waals surface area (Å²) in [5, 5.41) is 1.07. The molecule has 5 heteroatoms. The smallest absolute Gasteiger partial charge is 0.253 e. The van der Waals surface area contributed by atoms with Crippen LogP contribution in [0.4, 0.5) is 0 Å². The molecule has 1 amide bonds. The number of imidazole rings is 1. The van der Waals surface area contributed by atoms with E-state index in [1.54, 1.807) is 0 Å². The van der Waals surface area contributed by atoms with Crippen LogP contribution in [0.5, 0.6) is 0 Å². The highest BCUT2D eigenvalue weighted by Crippen LogP contribution is 2.21. The van der Waals surface area contributed by atoms with Crippen LogP contribution in [0.3, 0.4) is 0 Å². The Morgan fingerprint density at radius 2 is 2.35 bits per heavy atom. The number of aromatic amines is 1. The first-order chi connectivity index (χ1) is 11.2. The van der Waals surface area contributed by atoms with Crippen molar-refractivity contribution in [3.8, 4) is 0 Å². The van der Waals surface area contributed by atoms with Crippen molar-refractivity contribution in [1.82, 2.24) is 19.4 Å². The van der Waals surface area contributed by atoms with E-state index in [4.69, 9.17) is 0 Å². The molecule has 1 aliphatic rings. The van der Waals surface area contributed by atoms with E-state index in [1.165, 1.54) is 0 Å². The molecule has 1 N–H and O–H groups in total. The molecule has 5 nitrogen and oxygen atoms in total. The average Bonchev–Trinajstić information content (AvgIpc) is 3.21. The second kappa shape index (κ2) is 5.57. The summed E-state index contributed by atoms with van der Waals surface area (Å²) in [4.78, 5) is 22.0. The first-order valence-electron chi connectivity index (χ1n) is 8.03. The Bertz CT molecular complexity index is 847. The minimum Gasteiger partial charge on any atom is -0.361 e. The first kappa shape index (κ1) is 14.1. The van der Waals surface area contributed by atoms with Crippen LogP contribution in [-0.2, 0) is 13.0 Å². The zero-order valence-electron chi connectivity index (χ0n) is 13.2.